The van der Waals surface area contributed by atoms with Gasteiger partial charge in [-0.3, -0.25) is 14.5 Å². The van der Waals surface area contributed by atoms with Crippen LogP contribution in [0.15, 0.2) is 78.4 Å². The van der Waals surface area contributed by atoms with Gasteiger partial charge in [-0.2, -0.15) is 0 Å². The third kappa shape index (κ3) is 3.96. The van der Waals surface area contributed by atoms with E-state index < -0.39 is 17.7 Å². The third-order valence-electron chi connectivity index (χ3n) is 5.84. The molecule has 1 fully saturated rings. The maximum absolute atomic E-state index is 13.3. The number of nitrogens with zero attached hydrogens (tertiary/aromatic N) is 1. The van der Waals surface area contributed by atoms with Gasteiger partial charge in [0, 0.05) is 5.69 Å². The molecule has 0 spiro atoms. The molecule has 1 aliphatic heterocycles. The third-order valence-corrected chi connectivity index (χ3v) is 5.84. The lowest BCUT2D eigenvalue weighted by molar-refractivity contribution is -0.132. The van der Waals surface area contributed by atoms with E-state index in [1.165, 1.54) is 19.1 Å². The average Bonchev–Trinajstić information content (AvgIpc) is 3.14. The molecule has 1 amide bonds. The van der Waals surface area contributed by atoms with Crippen LogP contribution in [0, 0.1) is 0 Å². The summed E-state index contributed by atoms with van der Waals surface area (Å²) in [7, 11) is 2.98. The minimum atomic E-state index is -0.797. The van der Waals surface area contributed by atoms with Crippen molar-refractivity contribution in [1.82, 2.24) is 0 Å². The molecule has 4 rings (SSSR count). The summed E-state index contributed by atoms with van der Waals surface area (Å²) < 4.78 is 10.7. The maximum Gasteiger partial charge on any atom is 0.300 e. The van der Waals surface area contributed by atoms with Crippen LogP contribution in [-0.4, -0.2) is 31.0 Å². The van der Waals surface area contributed by atoms with Crippen molar-refractivity contribution in [1.29, 1.82) is 0 Å². The fourth-order valence-electron chi connectivity index (χ4n) is 4.08. The molecule has 6 heteroatoms. The van der Waals surface area contributed by atoms with E-state index in [1.807, 2.05) is 30.3 Å². The molecule has 3 aromatic carbocycles. The fraction of sp³-hybridized carbons (Fsp3) is 0.185. The van der Waals surface area contributed by atoms with Crippen LogP contribution in [0.4, 0.5) is 5.69 Å². The molecule has 0 bridgehead atoms. The highest BCUT2D eigenvalue weighted by Crippen LogP contribution is 2.43. The molecule has 1 aliphatic rings. The van der Waals surface area contributed by atoms with Crippen molar-refractivity contribution in [3.05, 3.63) is 95.1 Å². The first kappa shape index (κ1) is 22.1. The maximum atomic E-state index is 13.3. The second kappa shape index (κ2) is 9.20. The summed E-state index contributed by atoms with van der Waals surface area (Å²) in [5.41, 5.74) is 2.70. The van der Waals surface area contributed by atoms with Crippen molar-refractivity contribution in [2.75, 3.05) is 19.1 Å². The van der Waals surface area contributed by atoms with Crippen molar-refractivity contribution in [2.45, 2.75) is 19.4 Å². The molecule has 1 unspecified atom stereocenters. The van der Waals surface area contributed by atoms with Crippen LogP contribution in [0.5, 0.6) is 11.5 Å². The molecule has 0 saturated carbocycles. The van der Waals surface area contributed by atoms with Gasteiger partial charge in [0.25, 0.3) is 11.7 Å². The van der Waals surface area contributed by atoms with E-state index in [0.29, 0.717) is 17.2 Å². The number of para-hydroxylation sites is 1. The molecule has 168 valence electrons. The van der Waals surface area contributed by atoms with E-state index >= 15 is 0 Å². The Bertz CT molecular complexity index is 1220. The number of anilines is 1. The van der Waals surface area contributed by atoms with Crippen molar-refractivity contribution in [3.63, 3.8) is 0 Å². The molecule has 0 radical (unpaired) electrons. The van der Waals surface area contributed by atoms with E-state index in [0.717, 1.165) is 17.5 Å². The van der Waals surface area contributed by atoms with Gasteiger partial charge < -0.3 is 14.6 Å². The second-order valence-electron chi connectivity index (χ2n) is 7.67. The summed E-state index contributed by atoms with van der Waals surface area (Å²) in [6.07, 6.45) is 0.861. The van der Waals surface area contributed by atoms with Crippen molar-refractivity contribution < 1.29 is 24.2 Å². The Hall–Kier alpha value is -4.06. The van der Waals surface area contributed by atoms with Crippen LogP contribution < -0.4 is 14.4 Å². The van der Waals surface area contributed by atoms with Gasteiger partial charge in [0.1, 0.15) is 17.3 Å². The quantitative estimate of drug-likeness (QED) is 0.333. The fourth-order valence-corrected chi connectivity index (χ4v) is 4.08. The molecule has 1 atom stereocenters. The van der Waals surface area contributed by atoms with Crippen LogP contribution in [0.25, 0.3) is 5.76 Å². The van der Waals surface area contributed by atoms with Gasteiger partial charge in [-0.15, -0.1) is 0 Å². The predicted molar refractivity (Wildman–Crippen MR) is 127 cm³/mol. The highest BCUT2D eigenvalue weighted by atomic mass is 16.5. The highest BCUT2D eigenvalue weighted by Gasteiger charge is 2.47. The Balaban J connectivity index is 1.97. The first-order valence-electron chi connectivity index (χ1n) is 10.7. The number of aliphatic hydroxyl groups is 1. The number of ether oxygens (including phenoxy) is 2. The number of carbonyl (C=O) groups excluding carboxylic acids is 2. The Labute approximate surface area is 192 Å². The summed E-state index contributed by atoms with van der Waals surface area (Å²) in [5.74, 6) is -0.926. The highest BCUT2D eigenvalue weighted by molar-refractivity contribution is 6.51. The van der Waals surface area contributed by atoms with Crippen LogP contribution in [-0.2, 0) is 16.0 Å². The van der Waals surface area contributed by atoms with E-state index in [4.69, 9.17) is 9.47 Å². The number of ketones is 1. The Kier molecular flexibility index (Phi) is 6.18. The summed E-state index contributed by atoms with van der Waals surface area (Å²) in [5, 5.41) is 11.4. The number of hydrogen-bond donors (Lipinski definition) is 1. The van der Waals surface area contributed by atoms with Crippen LogP contribution in [0.1, 0.15) is 29.7 Å². The van der Waals surface area contributed by atoms with Crippen LogP contribution in [0.3, 0.4) is 0 Å². The van der Waals surface area contributed by atoms with E-state index in [2.05, 4.69) is 6.92 Å². The molecule has 0 aromatic heterocycles. The minimum Gasteiger partial charge on any atom is -0.507 e. The van der Waals surface area contributed by atoms with Gasteiger partial charge in [0.15, 0.2) is 0 Å². The molecule has 6 nitrogen and oxygen atoms in total. The van der Waals surface area contributed by atoms with Gasteiger partial charge in [-0.05, 0) is 47.9 Å². The zero-order valence-electron chi connectivity index (χ0n) is 18.7. The van der Waals surface area contributed by atoms with Gasteiger partial charge >= 0.3 is 0 Å². The van der Waals surface area contributed by atoms with Crippen LogP contribution in [0.2, 0.25) is 0 Å². The zero-order valence-corrected chi connectivity index (χ0v) is 18.7. The van der Waals surface area contributed by atoms with Gasteiger partial charge in [-0.1, -0.05) is 49.4 Å². The van der Waals surface area contributed by atoms with E-state index in [9.17, 15) is 14.7 Å². The Morgan fingerprint density at radius 1 is 0.939 bits per heavy atom. The number of amides is 1. The summed E-state index contributed by atoms with van der Waals surface area (Å²) in [6.45, 7) is 2.06. The topological polar surface area (TPSA) is 76.1 Å². The summed E-state index contributed by atoms with van der Waals surface area (Å²) in [4.78, 5) is 27.9. The zero-order chi connectivity index (χ0) is 23.5. The molecule has 1 saturated heterocycles. The first-order chi connectivity index (χ1) is 16.0. The number of methoxy groups -OCH3 is 2. The molecular formula is C27H25NO5. The normalized spacial score (nSPS) is 17.3. The van der Waals surface area contributed by atoms with Crippen molar-refractivity contribution >= 4 is 23.1 Å². The summed E-state index contributed by atoms with van der Waals surface area (Å²) in [6, 6.07) is 20.8. The lowest BCUT2D eigenvalue weighted by Gasteiger charge is -2.25. The van der Waals surface area contributed by atoms with E-state index in [-0.39, 0.29) is 16.9 Å². The molecular weight excluding hydrogens is 418 g/mol. The molecule has 1 heterocycles. The lowest BCUT2D eigenvalue weighted by Crippen LogP contribution is -2.29. The van der Waals surface area contributed by atoms with Gasteiger partial charge in [0.2, 0.25) is 0 Å². The molecule has 33 heavy (non-hydrogen) atoms. The number of hydrogen-bond acceptors (Lipinski definition) is 5. The number of rotatable bonds is 6. The monoisotopic (exact) mass is 443 g/mol. The van der Waals surface area contributed by atoms with Gasteiger partial charge in [-0.25, -0.2) is 0 Å². The standard InChI is InChI=1S/C27H25NO5/c1-4-17-10-12-18(13-11-17)24-23(25(29)21-16-20(32-2)14-15-22(21)33-3)26(30)27(31)28(24)19-8-6-5-7-9-19/h5-16,24,29H,4H2,1-3H3/b25-23+. The van der Waals surface area contributed by atoms with Crippen molar-refractivity contribution in [2.24, 2.45) is 0 Å². The number of aryl methyl sites for hydroxylation is 1. The Morgan fingerprint density at radius 3 is 2.24 bits per heavy atom. The van der Waals surface area contributed by atoms with E-state index in [1.54, 1.807) is 42.5 Å². The number of carbonyl (C=O) groups is 2. The SMILES string of the molecule is CCc1ccc(C2/C(=C(\O)c3cc(OC)ccc3OC)C(=O)C(=O)N2c2ccccc2)cc1. The minimum absolute atomic E-state index is 0.000320. The number of benzene rings is 3. The lowest BCUT2D eigenvalue weighted by atomic mass is 9.94. The predicted octanol–water partition coefficient (Wildman–Crippen LogP) is 4.89. The molecule has 0 aliphatic carbocycles. The molecule has 1 N–H and O–H groups in total. The van der Waals surface area contributed by atoms with Gasteiger partial charge in [0.05, 0.1) is 31.4 Å². The Morgan fingerprint density at radius 2 is 1.64 bits per heavy atom. The largest absolute Gasteiger partial charge is 0.507 e. The van der Waals surface area contributed by atoms with Crippen molar-refractivity contribution in [3.8, 4) is 11.5 Å². The summed E-state index contributed by atoms with van der Waals surface area (Å²) >= 11 is 0. The average molecular weight is 443 g/mol. The second-order valence-corrected chi connectivity index (χ2v) is 7.67. The molecule has 3 aromatic rings. The number of Topliss-reactive ketones (excluding diaryl/α,β-unsaturated/α-hetero) is 1. The van der Waals surface area contributed by atoms with Crippen LogP contribution >= 0.6 is 0 Å². The smallest absolute Gasteiger partial charge is 0.300 e. The first-order valence-corrected chi connectivity index (χ1v) is 10.7. The number of aliphatic hydroxyl groups excluding tert-OH is 1.